The monoisotopic (exact) mass is 286 g/mol. The van der Waals surface area contributed by atoms with Crippen LogP contribution < -0.4 is 5.43 Å². The Morgan fingerprint density at radius 1 is 1.05 bits per heavy atom. The SMILES string of the molecule is CC(C)/C(=N/NCc1ccc(Cl)cc1)c1ccccc1. The third kappa shape index (κ3) is 4.10. The first-order valence-electron chi connectivity index (χ1n) is 6.77. The fraction of sp³-hybridized carbons (Fsp3) is 0.235. The van der Waals surface area contributed by atoms with Gasteiger partial charge in [-0.2, -0.15) is 5.10 Å². The van der Waals surface area contributed by atoms with E-state index in [1.807, 2.05) is 42.5 Å². The second-order valence-corrected chi connectivity index (χ2v) is 5.42. The number of hydrogen-bond acceptors (Lipinski definition) is 2. The van der Waals surface area contributed by atoms with E-state index < -0.39 is 0 Å². The highest BCUT2D eigenvalue weighted by molar-refractivity contribution is 6.30. The van der Waals surface area contributed by atoms with E-state index in [4.69, 9.17) is 11.6 Å². The molecule has 2 nitrogen and oxygen atoms in total. The Bertz CT molecular complexity index is 559. The zero-order valence-corrected chi connectivity index (χ0v) is 12.6. The molecule has 0 radical (unpaired) electrons. The summed E-state index contributed by atoms with van der Waals surface area (Å²) in [6.07, 6.45) is 0. The highest BCUT2D eigenvalue weighted by Gasteiger charge is 2.07. The van der Waals surface area contributed by atoms with Crippen LogP contribution in [0.5, 0.6) is 0 Å². The van der Waals surface area contributed by atoms with Crippen LogP contribution in [0.2, 0.25) is 5.02 Å². The Morgan fingerprint density at radius 3 is 2.30 bits per heavy atom. The molecule has 0 unspecified atom stereocenters. The van der Waals surface area contributed by atoms with Gasteiger partial charge < -0.3 is 5.43 Å². The molecule has 104 valence electrons. The van der Waals surface area contributed by atoms with Crippen molar-refractivity contribution in [1.82, 2.24) is 5.43 Å². The molecule has 0 aliphatic carbocycles. The lowest BCUT2D eigenvalue weighted by atomic mass is 10.0. The lowest BCUT2D eigenvalue weighted by molar-refractivity contribution is 0.727. The molecule has 0 atom stereocenters. The summed E-state index contributed by atoms with van der Waals surface area (Å²) in [6, 6.07) is 18.0. The van der Waals surface area contributed by atoms with Crippen LogP contribution >= 0.6 is 11.6 Å². The van der Waals surface area contributed by atoms with Gasteiger partial charge in [-0.25, -0.2) is 0 Å². The summed E-state index contributed by atoms with van der Waals surface area (Å²) >= 11 is 5.87. The second-order valence-electron chi connectivity index (χ2n) is 4.98. The minimum absolute atomic E-state index is 0.370. The van der Waals surface area contributed by atoms with E-state index >= 15 is 0 Å². The van der Waals surface area contributed by atoms with Crippen LogP contribution in [-0.4, -0.2) is 5.71 Å². The first-order valence-corrected chi connectivity index (χ1v) is 7.15. The normalized spacial score (nSPS) is 11.7. The molecule has 0 aliphatic rings. The summed E-state index contributed by atoms with van der Waals surface area (Å²) in [4.78, 5) is 0. The smallest absolute Gasteiger partial charge is 0.0700 e. The number of hydrogen-bond donors (Lipinski definition) is 1. The summed E-state index contributed by atoms with van der Waals surface area (Å²) in [6.45, 7) is 4.99. The summed E-state index contributed by atoms with van der Waals surface area (Å²) in [7, 11) is 0. The molecule has 0 aromatic heterocycles. The van der Waals surface area contributed by atoms with E-state index in [1.165, 1.54) is 0 Å². The Balaban J connectivity index is 2.05. The van der Waals surface area contributed by atoms with Gasteiger partial charge in [0.05, 0.1) is 12.3 Å². The van der Waals surface area contributed by atoms with Gasteiger partial charge in [-0.1, -0.05) is 67.9 Å². The van der Waals surface area contributed by atoms with Gasteiger partial charge in [0.2, 0.25) is 0 Å². The van der Waals surface area contributed by atoms with Crippen molar-refractivity contribution >= 4 is 17.3 Å². The number of benzene rings is 2. The zero-order valence-electron chi connectivity index (χ0n) is 11.8. The second kappa shape index (κ2) is 7.11. The number of halogens is 1. The van der Waals surface area contributed by atoms with Crippen LogP contribution in [0.15, 0.2) is 59.7 Å². The Labute approximate surface area is 125 Å². The van der Waals surface area contributed by atoms with Crippen molar-refractivity contribution in [2.75, 3.05) is 0 Å². The van der Waals surface area contributed by atoms with Crippen molar-refractivity contribution in [2.24, 2.45) is 11.0 Å². The van der Waals surface area contributed by atoms with Crippen LogP contribution in [-0.2, 0) is 6.54 Å². The Morgan fingerprint density at radius 2 is 1.70 bits per heavy atom. The molecule has 0 bridgehead atoms. The third-order valence-electron chi connectivity index (χ3n) is 3.01. The molecule has 2 aromatic rings. The molecule has 1 N–H and O–H groups in total. The fourth-order valence-corrected chi connectivity index (χ4v) is 2.08. The van der Waals surface area contributed by atoms with Gasteiger partial charge >= 0.3 is 0 Å². The van der Waals surface area contributed by atoms with E-state index in [9.17, 15) is 0 Å². The Hall–Kier alpha value is -1.80. The van der Waals surface area contributed by atoms with E-state index in [0.29, 0.717) is 12.5 Å². The van der Waals surface area contributed by atoms with E-state index in [-0.39, 0.29) is 0 Å². The lowest BCUT2D eigenvalue weighted by Crippen LogP contribution is -2.16. The predicted molar refractivity (Wildman–Crippen MR) is 86.1 cm³/mol. The minimum Gasteiger partial charge on any atom is -0.305 e. The van der Waals surface area contributed by atoms with Crippen molar-refractivity contribution in [3.63, 3.8) is 0 Å². The third-order valence-corrected chi connectivity index (χ3v) is 3.26. The largest absolute Gasteiger partial charge is 0.305 e. The van der Waals surface area contributed by atoms with Crippen molar-refractivity contribution in [3.05, 3.63) is 70.7 Å². The zero-order chi connectivity index (χ0) is 14.4. The molecular formula is C17H19ClN2. The van der Waals surface area contributed by atoms with Crippen molar-refractivity contribution in [2.45, 2.75) is 20.4 Å². The predicted octanol–water partition coefficient (Wildman–Crippen LogP) is 4.49. The molecule has 2 rings (SSSR count). The first kappa shape index (κ1) is 14.6. The fourth-order valence-electron chi connectivity index (χ4n) is 1.95. The van der Waals surface area contributed by atoms with Crippen LogP contribution in [0.3, 0.4) is 0 Å². The average molecular weight is 287 g/mol. The van der Waals surface area contributed by atoms with Crippen LogP contribution in [0.4, 0.5) is 0 Å². The van der Waals surface area contributed by atoms with Gasteiger partial charge in [0.25, 0.3) is 0 Å². The highest BCUT2D eigenvalue weighted by Crippen LogP contribution is 2.11. The Kier molecular flexibility index (Phi) is 5.19. The molecule has 0 spiro atoms. The van der Waals surface area contributed by atoms with Gasteiger partial charge in [0, 0.05) is 5.02 Å². The number of nitrogens with zero attached hydrogens (tertiary/aromatic N) is 1. The molecule has 0 aliphatic heterocycles. The van der Waals surface area contributed by atoms with Crippen LogP contribution in [0, 0.1) is 5.92 Å². The molecule has 0 saturated carbocycles. The van der Waals surface area contributed by atoms with E-state index in [1.54, 1.807) is 0 Å². The lowest BCUT2D eigenvalue weighted by Gasteiger charge is -2.11. The molecule has 3 heteroatoms. The van der Waals surface area contributed by atoms with E-state index in [2.05, 4.69) is 36.5 Å². The highest BCUT2D eigenvalue weighted by atomic mass is 35.5. The van der Waals surface area contributed by atoms with Gasteiger partial charge in [0.1, 0.15) is 0 Å². The first-order chi connectivity index (χ1) is 9.66. The van der Waals surface area contributed by atoms with Crippen LogP contribution in [0.25, 0.3) is 0 Å². The van der Waals surface area contributed by atoms with Gasteiger partial charge in [-0.05, 0) is 29.2 Å². The molecular weight excluding hydrogens is 268 g/mol. The quantitative estimate of drug-likeness (QED) is 0.635. The molecule has 0 heterocycles. The molecule has 0 fully saturated rings. The average Bonchev–Trinajstić information content (AvgIpc) is 2.46. The molecule has 0 amide bonds. The summed E-state index contributed by atoms with van der Waals surface area (Å²) in [5, 5.41) is 5.30. The number of nitrogens with one attached hydrogen (secondary N) is 1. The summed E-state index contributed by atoms with van der Waals surface area (Å²) < 4.78 is 0. The maximum atomic E-state index is 5.87. The van der Waals surface area contributed by atoms with E-state index in [0.717, 1.165) is 21.9 Å². The summed E-state index contributed by atoms with van der Waals surface area (Å²) in [5.41, 5.74) is 6.53. The summed E-state index contributed by atoms with van der Waals surface area (Å²) in [5.74, 6) is 0.370. The standard InChI is InChI=1S/C17H19ClN2/c1-13(2)17(15-6-4-3-5-7-15)20-19-12-14-8-10-16(18)11-9-14/h3-11,13,19H,12H2,1-2H3/b20-17-. The van der Waals surface area contributed by atoms with Gasteiger partial charge in [-0.15, -0.1) is 0 Å². The number of hydrazone groups is 1. The maximum absolute atomic E-state index is 5.87. The topological polar surface area (TPSA) is 24.4 Å². The molecule has 20 heavy (non-hydrogen) atoms. The minimum atomic E-state index is 0.370. The van der Waals surface area contributed by atoms with Crippen LogP contribution in [0.1, 0.15) is 25.0 Å². The maximum Gasteiger partial charge on any atom is 0.0700 e. The van der Waals surface area contributed by atoms with Crippen molar-refractivity contribution in [3.8, 4) is 0 Å². The van der Waals surface area contributed by atoms with Gasteiger partial charge in [0.15, 0.2) is 0 Å². The van der Waals surface area contributed by atoms with Crippen molar-refractivity contribution in [1.29, 1.82) is 0 Å². The van der Waals surface area contributed by atoms with Crippen molar-refractivity contribution < 1.29 is 0 Å². The number of rotatable bonds is 5. The van der Waals surface area contributed by atoms with Gasteiger partial charge in [-0.3, -0.25) is 0 Å². The molecule has 0 saturated heterocycles. The molecule has 2 aromatic carbocycles.